The van der Waals surface area contributed by atoms with Crippen LogP contribution in [0.2, 0.25) is 0 Å². The first-order valence-electron chi connectivity index (χ1n) is 7.68. The number of carbonyl (C=O) groups excluding carboxylic acids is 1. The van der Waals surface area contributed by atoms with Gasteiger partial charge in [0.2, 0.25) is 0 Å². The highest BCUT2D eigenvalue weighted by Crippen LogP contribution is 2.22. The lowest BCUT2D eigenvalue weighted by Gasteiger charge is -2.23. The number of aromatic nitrogens is 2. The summed E-state index contributed by atoms with van der Waals surface area (Å²) in [6.45, 7) is 5.93. The van der Waals surface area contributed by atoms with Crippen molar-refractivity contribution in [2.75, 3.05) is 13.2 Å². The van der Waals surface area contributed by atoms with Crippen LogP contribution in [0, 0.1) is 18.2 Å². The molecular weight excluding hydrogens is 313 g/mol. The van der Waals surface area contributed by atoms with Crippen LogP contribution >= 0.6 is 0 Å². The van der Waals surface area contributed by atoms with E-state index in [1.54, 1.807) is 6.92 Å². The molecule has 24 heavy (non-hydrogen) atoms. The van der Waals surface area contributed by atoms with Crippen molar-refractivity contribution in [1.29, 1.82) is 0 Å². The monoisotopic (exact) mass is 335 g/mol. The van der Waals surface area contributed by atoms with Crippen molar-refractivity contribution >= 4 is 5.91 Å². The van der Waals surface area contributed by atoms with E-state index in [1.165, 1.54) is 29.1 Å². The number of nitrogens with zero attached hydrogens (tertiary/aromatic N) is 2. The van der Waals surface area contributed by atoms with E-state index in [1.807, 2.05) is 13.8 Å². The van der Waals surface area contributed by atoms with Crippen LogP contribution in [0.5, 0.6) is 5.75 Å². The van der Waals surface area contributed by atoms with Crippen LogP contribution < -0.4 is 5.32 Å². The van der Waals surface area contributed by atoms with Gasteiger partial charge >= 0.3 is 0 Å². The molecule has 0 aliphatic heterocycles. The van der Waals surface area contributed by atoms with Crippen LogP contribution in [0.25, 0.3) is 5.69 Å². The Balaban J connectivity index is 2.18. The quantitative estimate of drug-likeness (QED) is 0.755. The van der Waals surface area contributed by atoms with E-state index in [4.69, 9.17) is 5.11 Å². The van der Waals surface area contributed by atoms with Gasteiger partial charge in [0.15, 0.2) is 11.4 Å². The van der Waals surface area contributed by atoms with Crippen molar-refractivity contribution in [2.45, 2.75) is 27.2 Å². The average Bonchev–Trinajstić information content (AvgIpc) is 2.86. The molecule has 0 spiro atoms. The molecule has 0 saturated heterocycles. The van der Waals surface area contributed by atoms with Gasteiger partial charge in [0.1, 0.15) is 5.82 Å². The number of benzene rings is 1. The lowest BCUT2D eigenvalue weighted by atomic mass is 9.90. The Hall–Kier alpha value is -2.41. The number of amides is 1. The fourth-order valence-electron chi connectivity index (χ4n) is 2.32. The van der Waals surface area contributed by atoms with Gasteiger partial charge in [-0.3, -0.25) is 4.79 Å². The summed E-state index contributed by atoms with van der Waals surface area (Å²) in [6, 6.07) is 4.17. The molecule has 1 aromatic heterocycles. The summed E-state index contributed by atoms with van der Waals surface area (Å²) >= 11 is 0. The highest BCUT2D eigenvalue weighted by Gasteiger charge is 2.22. The first kappa shape index (κ1) is 17.9. The fourth-order valence-corrected chi connectivity index (χ4v) is 2.32. The fraction of sp³-hybridized carbons (Fsp3) is 0.412. The van der Waals surface area contributed by atoms with Gasteiger partial charge in [0.25, 0.3) is 5.91 Å². The number of aliphatic hydroxyl groups is 1. The Labute approximate surface area is 139 Å². The second kappa shape index (κ2) is 7.00. The van der Waals surface area contributed by atoms with Crippen LogP contribution in [0.1, 0.15) is 36.3 Å². The molecule has 1 amide bonds. The summed E-state index contributed by atoms with van der Waals surface area (Å²) in [4.78, 5) is 12.2. The van der Waals surface area contributed by atoms with Gasteiger partial charge in [-0.1, -0.05) is 13.8 Å². The Morgan fingerprint density at radius 3 is 2.75 bits per heavy atom. The summed E-state index contributed by atoms with van der Waals surface area (Å²) < 4.78 is 14.5. The molecule has 1 heterocycles. The molecule has 0 atom stereocenters. The normalized spacial score (nSPS) is 11.5. The van der Waals surface area contributed by atoms with Crippen LogP contribution in [0.4, 0.5) is 4.39 Å². The number of aliphatic hydroxyl groups excluding tert-OH is 1. The Kier molecular flexibility index (Phi) is 5.23. The van der Waals surface area contributed by atoms with Gasteiger partial charge in [-0.25, -0.2) is 9.07 Å². The summed E-state index contributed by atoms with van der Waals surface area (Å²) in [5, 5.41) is 25.8. The highest BCUT2D eigenvalue weighted by atomic mass is 19.1. The van der Waals surface area contributed by atoms with Crippen molar-refractivity contribution in [3.8, 4) is 11.4 Å². The lowest BCUT2D eigenvalue weighted by Crippen LogP contribution is -2.34. The van der Waals surface area contributed by atoms with Crippen molar-refractivity contribution in [1.82, 2.24) is 15.1 Å². The summed E-state index contributed by atoms with van der Waals surface area (Å²) in [5.41, 5.74) is 0.842. The molecule has 1 aromatic carbocycles. The standard InChI is InChI=1S/C17H22FN3O3/c1-11-8-12(18)4-5-13(11)21-9-14(23)15(20-21)16(24)19-10-17(2,3)6-7-22/h4-5,8-9,22-23H,6-7,10H2,1-3H3,(H,19,24). The smallest absolute Gasteiger partial charge is 0.275 e. The maximum absolute atomic E-state index is 13.2. The van der Waals surface area contributed by atoms with E-state index in [0.717, 1.165) is 0 Å². The van der Waals surface area contributed by atoms with Gasteiger partial charge in [-0.15, -0.1) is 0 Å². The van der Waals surface area contributed by atoms with E-state index in [-0.39, 0.29) is 29.3 Å². The van der Waals surface area contributed by atoms with E-state index in [0.29, 0.717) is 24.2 Å². The van der Waals surface area contributed by atoms with E-state index >= 15 is 0 Å². The van der Waals surface area contributed by atoms with E-state index in [9.17, 15) is 14.3 Å². The number of rotatable bonds is 6. The third-order valence-electron chi connectivity index (χ3n) is 3.83. The molecular formula is C17H22FN3O3. The van der Waals surface area contributed by atoms with Gasteiger partial charge in [0, 0.05) is 13.2 Å². The number of aromatic hydroxyl groups is 1. The first-order valence-corrected chi connectivity index (χ1v) is 7.68. The van der Waals surface area contributed by atoms with Crippen molar-refractivity contribution in [3.63, 3.8) is 0 Å². The number of nitrogens with one attached hydrogen (secondary N) is 1. The molecule has 2 rings (SSSR count). The second-order valence-electron chi connectivity index (χ2n) is 6.56. The third-order valence-corrected chi connectivity index (χ3v) is 3.83. The average molecular weight is 335 g/mol. The number of carbonyl (C=O) groups is 1. The minimum Gasteiger partial charge on any atom is -0.504 e. The topological polar surface area (TPSA) is 87.4 Å². The van der Waals surface area contributed by atoms with Crippen LogP contribution in [-0.2, 0) is 0 Å². The highest BCUT2D eigenvalue weighted by molar-refractivity contribution is 5.94. The lowest BCUT2D eigenvalue weighted by molar-refractivity contribution is 0.0920. The molecule has 0 fully saturated rings. The zero-order valence-corrected chi connectivity index (χ0v) is 14.0. The Morgan fingerprint density at radius 1 is 1.42 bits per heavy atom. The summed E-state index contributed by atoms with van der Waals surface area (Å²) in [5.74, 6) is -1.12. The predicted octanol–water partition coefficient (Wildman–Crippen LogP) is 2.16. The predicted molar refractivity (Wildman–Crippen MR) is 87.7 cm³/mol. The zero-order valence-electron chi connectivity index (χ0n) is 14.0. The molecule has 0 bridgehead atoms. The molecule has 6 nitrogen and oxygen atoms in total. The maximum Gasteiger partial charge on any atom is 0.275 e. The van der Waals surface area contributed by atoms with Gasteiger partial charge in [-0.2, -0.15) is 5.10 Å². The van der Waals surface area contributed by atoms with E-state index in [2.05, 4.69) is 10.4 Å². The summed E-state index contributed by atoms with van der Waals surface area (Å²) in [6.07, 6.45) is 1.86. The molecule has 0 aliphatic rings. The minimum absolute atomic E-state index is 0.0343. The van der Waals surface area contributed by atoms with Gasteiger partial charge in [0.05, 0.1) is 11.9 Å². The van der Waals surface area contributed by atoms with Gasteiger partial charge < -0.3 is 15.5 Å². The third kappa shape index (κ3) is 4.11. The number of aryl methyl sites for hydroxylation is 1. The van der Waals surface area contributed by atoms with Crippen molar-refractivity contribution in [2.24, 2.45) is 5.41 Å². The van der Waals surface area contributed by atoms with Crippen LogP contribution in [0.15, 0.2) is 24.4 Å². The number of halogens is 1. The van der Waals surface area contributed by atoms with E-state index < -0.39 is 5.91 Å². The Morgan fingerprint density at radius 2 is 2.12 bits per heavy atom. The maximum atomic E-state index is 13.2. The molecule has 0 aliphatic carbocycles. The molecule has 2 aromatic rings. The van der Waals surface area contributed by atoms with Crippen molar-refractivity contribution in [3.05, 3.63) is 41.5 Å². The molecule has 3 N–H and O–H groups in total. The largest absolute Gasteiger partial charge is 0.504 e. The molecule has 0 saturated carbocycles. The minimum atomic E-state index is -0.503. The molecule has 0 unspecified atom stereocenters. The number of hydrogen-bond acceptors (Lipinski definition) is 4. The van der Waals surface area contributed by atoms with Gasteiger partial charge in [-0.05, 0) is 42.5 Å². The molecule has 130 valence electrons. The first-order chi connectivity index (χ1) is 11.2. The number of hydrogen-bond donors (Lipinski definition) is 3. The second-order valence-corrected chi connectivity index (χ2v) is 6.56. The molecule has 7 heteroatoms. The Bertz CT molecular complexity index is 741. The summed E-state index contributed by atoms with van der Waals surface area (Å²) in [7, 11) is 0. The van der Waals surface area contributed by atoms with Crippen molar-refractivity contribution < 1.29 is 19.4 Å². The zero-order chi connectivity index (χ0) is 17.9. The van der Waals surface area contributed by atoms with Crippen LogP contribution in [-0.4, -0.2) is 39.1 Å². The van der Waals surface area contributed by atoms with Crippen LogP contribution in [0.3, 0.4) is 0 Å². The SMILES string of the molecule is Cc1cc(F)ccc1-n1cc(O)c(C(=O)NCC(C)(C)CCO)n1. The molecule has 0 radical (unpaired) electrons.